The second-order valence-corrected chi connectivity index (χ2v) is 4.97. The number of amides is 1. The Hall–Kier alpha value is -1.82. The fraction of sp³-hybridized carbons (Fsp3) is 0.0714. The molecule has 1 N–H and O–H groups in total. The second kappa shape index (κ2) is 5.66. The summed E-state index contributed by atoms with van der Waals surface area (Å²) in [7, 11) is 0. The summed E-state index contributed by atoms with van der Waals surface area (Å²) >= 11 is 3.27. The van der Waals surface area contributed by atoms with Crippen molar-refractivity contribution in [3.05, 3.63) is 63.4 Å². The molecule has 0 radical (unpaired) electrons. The van der Waals surface area contributed by atoms with E-state index < -0.39 is 29.0 Å². The van der Waals surface area contributed by atoms with Crippen LogP contribution >= 0.6 is 15.9 Å². The van der Waals surface area contributed by atoms with Crippen LogP contribution in [0.5, 0.6) is 0 Å². The molecule has 0 unspecified atom stereocenters. The number of carbonyl (C=O) groups is 1. The van der Waals surface area contributed by atoms with Crippen molar-refractivity contribution in [2.45, 2.75) is 6.92 Å². The highest BCUT2D eigenvalue weighted by Crippen LogP contribution is 2.22. The first-order valence-electron chi connectivity index (χ1n) is 5.61. The molecule has 0 aromatic heterocycles. The van der Waals surface area contributed by atoms with Gasteiger partial charge in [0.2, 0.25) is 0 Å². The normalized spacial score (nSPS) is 10.4. The van der Waals surface area contributed by atoms with Gasteiger partial charge in [-0.2, -0.15) is 0 Å². The monoisotopic (exact) mass is 343 g/mol. The van der Waals surface area contributed by atoms with E-state index in [1.807, 2.05) is 0 Å². The summed E-state index contributed by atoms with van der Waals surface area (Å²) in [5, 5.41) is 2.22. The van der Waals surface area contributed by atoms with Gasteiger partial charge >= 0.3 is 0 Å². The lowest BCUT2D eigenvalue weighted by Gasteiger charge is -2.10. The molecular weight excluding hydrogens is 335 g/mol. The zero-order valence-electron chi connectivity index (χ0n) is 10.3. The number of hydrogen-bond acceptors (Lipinski definition) is 1. The standard InChI is InChI=1S/C14H9BrF3NO/c1-7-8(3-2-4-9(7)15)14(20)19-13-6-11(17)10(16)5-12(13)18/h2-6H,1H3,(H,19,20). The number of anilines is 1. The number of nitrogens with one attached hydrogen (secondary N) is 1. The molecule has 0 aliphatic heterocycles. The molecule has 2 aromatic carbocycles. The van der Waals surface area contributed by atoms with Gasteiger partial charge in [-0.3, -0.25) is 4.79 Å². The molecule has 104 valence electrons. The quantitative estimate of drug-likeness (QED) is 0.803. The first kappa shape index (κ1) is 14.6. The van der Waals surface area contributed by atoms with Crippen LogP contribution in [0.15, 0.2) is 34.8 Å². The molecule has 0 atom stereocenters. The maximum absolute atomic E-state index is 13.5. The number of carbonyl (C=O) groups excluding carboxylic acids is 1. The molecule has 0 fully saturated rings. The summed E-state index contributed by atoms with van der Waals surface area (Å²) in [6.45, 7) is 1.71. The first-order chi connectivity index (χ1) is 9.40. The molecule has 0 bridgehead atoms. The molecule has 0 saturated carbocycles. The maximum atomic E-state index is 13.5. The van der Waals surface area contributed by atoms with E-state index in [1.165, 1.54) is 0 Å². The van der Waals surface area contributed by atoms with Gasteiger partial charge in [0.15, 0.2) is 11.6 Å². The van der Waals surface area contributed by atoms with Crippen molar-refractivity contribution in [3.63, 3.8) is 0 Å². The average Bonchev–Trinajstić information content (AvgIpc) is 2.39. The van der Waals surface area contributed by atoms with E-state index in [2.05, 4.69) is 21.2 Å². The van der Waals surface area contributed by atoms with Crippen LogP contribution in [0.4, 0.5) is 18.9 Å². The average molecular weight is 344 g/mol. The van der Waals surface area contributed by atoms with E-state index in [0.29, 0.717) is 23.3 Å². The Bertz CT molecular complexity index is 688. The highest BCUT2D eigenvalue weighted by Gasteiger charge is 2.15. The van der Waals surface area contributed by atoms with E-state index in [4.69, 9.17) is 0 Å². The van der Waals surface area contributed by atoms with Crippen LogP contribution in [-0.4, -0.2) is 5.91 Å². The van der Waals surface area contributed by atoms with Crippen LogP contribution in [0.25, 0.3) is 0 Å². The van der Waals surface area contributed by atoms with Gasteiger partial charge in [-0.15, -0.1) is 0 Å². The second-order valence-electron chi connectivity index (χ2n) is 4.11. The Morgan fingerprint density at radius 3 is 2.45 bits per heavy atom. The number of halogens is 4. The fourth-order valence-electron chi connectivity index (χ4n) is 1.66. The van der Waals surface area contributed by atoms with Crippen LogP contribution in [0.1, 0.15) is 15.9 Å². The molecule has 0 saturated heterocycles. The highest BCUT2D eigenvalue weighted by molar-refractivity contribution is 9.10. The molecule has 0 aliphatic rings. The predicted octanol–water partition coefficient (Wildman–Crippen LogP) is 4.43. The van der Waals surface area contributed by atoms with Gasteiger partial charge in [0.1, 0.15) is 5.82 Å². The topological polar surface area (TPSA) is 29.1 Å². The fourth-order valence-corrected chi connectivity index (χ4v) is 2.03. The molecule has 2 aromatic rings. The Kier molecular flexibility index (Phi) is 4.13. The summed E-state index contributed by atoms with van der Waals surface area (Å²) in [5.41, 5.74) is 0.560. The predicted molar refractivity (Wildman–Crippen MR) is 73.1 cm³/mol. The van der Waals surface area contributed by atoms with Crippen molar-refractivity contribution in [1.29, 1.82) is 0 Å². The Morgan fingerprint density at radius 1 is 1.10 bits per heavy atom. The zero-order valence-corrected chi connectivity index (χ0v) is 11.9. The minimum Gasteiger partial charge on any atom is -0.319 e. The van der Waals surface area contributed by atoms with E-state index in [0.717, 1.165) is 4.47 Å². The number of hydrogen-bond donors (Lipinski definition) is 1. The molecule has 2 nitrogen and oxygen atoms in total. The Morgan fingerprint density at radius 2 is 1.75 bits per heavy atom. The van der Waals surface area contributed by atoms with Crippen LogP contribution in [-0.2, 0) is 0 Å². The van der Waals surface area contributed by atoms with Crippen molar-refractivity contribution >= 4 is 27.5 Å². The smallest absolute Gasteiger partial charge is 0.256 e. The number of benzene rings is 2. The zero-order chi connectivity index (χ0) is 14.9. The SMILES string of the molecule is Cc1c(Br)cccc1C(=O)Nc1cc(F)c(F)cc1F. The van der Waals surface area contributed by atoms with Crippen molar-refractivity contribution in [3.8, 4) is 0 Å². The molecule has 1 amide bonds. The Labute approximate surface area is 121 Å². The summed E-state index contributed by atoms with van der Waals surface area (Å²) in [6, 6.07) is 5.94. The third-order valence-corrected chi connectivity index (χ3v) is 3.63. The molecule has 6 heteroatoms. The minimum atomic E-state index is -1.31. The van der Waals surface area contributed by atoms with Crippen molar-refractivity contribution in [2.75, 3.05) is 5.32 Å². The minimum absolute atomic E-state index is 0.309. The van der Waals surface area contributed by atoms with E-state index in [1.54, 1.807) is 25.1 Å². The van der Waals surface area contributed by atoms with Gasteiger partial charge in [0.05, 0.1) is 5.69 Å². The van der Waals surface area contributed by atoms with Gasteiger partial charge in [0.25, 0.3) is 5.91 Å². The Balaban J connectivity index is 2.33. The number of rotatable bonds is 2. The summed E-state index contributed by atoms with van der Waals surface area (Å²) < 4.78 is 40.0. The van der Waals surface area contributed by atoms with Crippen molar-refractivity contribution in [2.24, 2.45) is 0 Å². The van der Waals surface area contributed by atoms with Gasteiger partial charge < -0.3 is 5.32 Å². The van der Waals surface area contributed by atoms with Crippen LogP contribution in [0, 0.1) is 24.4 Å². The molecule has 20 heavy (non-hydrogen) atoms. The molecule has 0 heterocycles. The lowest BCUT2D eigenvalue weighted by atomic mass is 10.1. The molecular formula is C14H9BrF3NO. The van der Waals surface area contributed by atoms with Gasteiger partial charge in [-0.1, -0.05) is 22.0 Å². The third-order valence-electron chi connectivity index (χ3n) is 2.77. The molecule has 0 aliphatic carbocycles. The van der Waals surface area contributed by atoms with Crippen LogP contribution < -0.4 is 5.32 Å². The first-order valence-corrected chi connectivity index (χ1v) is 6.40. The van der Waals surface area contributed by atoms with Crippen LogP contribution in [0.3, 0.4) is 0 Å². The van der Waals surface area contributed by atoms with E-state index in [9.17, 15) is 18.0 Å². The van der Waals surface area contributed by atoms with Gasteiger partial charge in [-0.05, 0) is 24.6 Å². The van der Waals surface area contributed by atoms with Gasteiger partial charge in [-0.25, -0.2) is 13.2 Å². The lowest BCUT2D eigenvalue weighted by Crippen LogP contribution is -2.15. The van der Waals surface area contributed by atoms with Crippen molar-refractivity contribution in [1.82, 2.24) is 0 Å². The summed E-state index contributed by atoms with van der Waals surface area (Å²) in [5.74, 6) is -4.18. The third kappa shape index (κ3) is 2.85. The summed E-state index contributed by atoms with van der Waals surface area (Å²) in [6.07, 6.45) is 0. The van der Waals surface area contributed by atoms with Gasteiger partial charge in [0, 0.05) is 22.2 Å². The van der Waals surface area contributed by atoms with E-state index in [-0.39, 0.29) is 0 Å². The highest BCUT2D eigenvalue weighted by atomic mass is 79.9. The maximum Gasteiger partial charge on any atom is 0.256 e. The largest absolute Gasteiger partial charge is 0.319 e. The lowest BCUT2D eigenvalue weighted by molar-refractivity contribution is 0.102. The summed E-state index contributed by atoms with van der Waals surface area (Å²) in [4.78, 5) is 12.0. The van der Waals surface area contributed by atoms with E-state index >= 15 is 0 Å². The molecule has 2 rings (SSSR count). The van der Waals surface area contributed by atoms with Crippen molar-refractivity contribution < 1.29 is 18.0 Å². The molecule has 0 spiro atoms. The van der Waals surface area contributed by atoms with Crippen LogP contribution in [0.2, 0.25) is 0 Å².